The minimum Gasteiger partial charge on any atom is -0.489 e. The van der Waals surface area contributed by atoms with E-state index < -0.39 is 5.91 Å². The van der Waals surface area contributed by atoms with Crippen LogP contribution in [0.2, 0.25) is 0 Å². The van der Waals surface area contributed by atoms with Crippen molar-refractivity contribution in [2.45, 2.75) is 27.4 Å². The molecule has 0 atom stereocenters. The van der Waals surface area contributed by atoms with Crippen molar-refractivity contribution >= 4 is 17.7 Å². The van der Waals surface area contributed by atoms with Crippen LogP contribution in [0.3, 0.4) is 0 Å². The molecule has 1 amide bonds. The van der Waals surface area contributed by atoms with E-state index in [2.05, 4.69) is 5.32 Å². The molecule has 30 heavy (non-hydrogen) atoms. The predicted molar refractivity (Wildman–Crippen MR) is 120 cm³/mol. The SMILES string of the molecule is Cc1cc(C)c(NC(=O)/C(C#N)=C/c2ccc(OCc3ccccc3)cc2)c(C)c1. The number of benzene rings is 3. The van der Waals surface area contributed by atoms with Gasteiger partial charge in [0.15, 0.2) is 0 Å². The second-order valence-electron chi connectivity index (χ2n) is 7.24. The highest BCUT2D eigenvalue weighted by atomic mass is 16.5. The van der Waals surface area contributed by atoms with E-state index >= 15 is 0 Å². The summed E-state index contributed by atoms with van der Waals surface area (Å²) in [6, 6.07) is 23.3. The summed E-state index contributed by atoms with van der Waals surface area (Å²) in [7, 11) is 0. The molecular formula is C26H24N2O2. The van der Waals surface area contributed by atoms with Crippen molar-refractivity contribution in [3.63, 3.8) is 0 Å². The summed E-state index contributed by atoms with van der Waals surface area (Å²) in [6.07, 6.45) is 1.58. The molecule has 0 bridgehead atoms. The van der Waals surface area contributed by atoms with Crippen molar-refractivity contribution < 1.29 is 9.53 Å². The Morgan fingerprint density at radius 2 is 1.63 bits per heavy atom. The third kappa shape index (κ3) is 5.36. The number of nitrogens with one attached hydrogen (secondary N) is 1. The summed E-state index contributed by atoms with van der Waals surface area (Å²) in [5.74, 6) is 0.307. The van der Waals surface area contributed by atoms with Gasteiger partial charge in [-0.05, 0) is 61.2 Å². The average molecular weight is 396 g/mol. The first-order valence-electron chi connectivity index (χ1n) is 9.74. The van der Waals surface area contributed by atoms with Gasteiger partial charge < -0.3 is 10.1 Å². The molecule has 1 N–H and O–H groups in total. The van der Waals surface area contributed by atoms with E-state index in [0.29, 0.717) is 6.61 Å². The summed E-state index contributed by atoms with van der Waals surface area (Å²) in [6.45, 7) is 6.38. The standard InChI is InChI=1S/C26H24N2O2/c1-18-13-19(2)25(20(3)14-18)28-26(29)23(16-27)15-21-9-11-24(12-10-21)30-17-22-7-5-4-6-8-22/h4-15H,17H2,1-3H3,(H,28,29)/b23-15+. The number of rotatable bonds is 6. The van der Waals surface area contributed by atoms with Crippen LogP contribution < -0.4 is 10.1 Å². The van der Waals surface area contributed by atoms with Crippen LogP contribution in [0.5, 0.6) is 5.75 Å². The molecule has 0 aliphatic carbocycles. The zero-order valence-corrected chi connectivity index (χ0v) is 17.4. The average Bonchev–Trinajstić information content (AvgIpc) is 2.74. The fourth-order valence-corrected chi connectivity index (χ4v) is 3.27. The molecule has 3 aromatic carbocycles. The van der Waals surface area contributed by atoms with E-state index in [1.165, 1.54) is 0 Å². The van der Waals surface area contributed by atoms with Gasteiger partial charge in [0, 0.05) is 5.69 Å². The lowest BCUT2D eigenvalue weighted by Crippen LogP contribution is -2.15. The molecule has 0 fully saturated rings. The fourth-order valence-electron chi connectivity index (χ4n) is 3.27. The molecule has 0 aliphatic heterocycles. The van der Waals surface area contributed by atoms with E-state index in [0.717, 1.165) is 39.3 Å². The van der Waals surface area contributed by atoms with E-state index in [-0.39, 0.29) is 5.57 Å². The first-order valence-corrected chi connectivity index (χ1v) is 9.74. The molecule has 0 heterocycles. The van der Waals surface area contributed by atoms with Crippen LogP contribution in [0.4, 0.5) is 5.69 Å². The molecule has 0 aliphatic rings. The molecule has 0 unspecified atom stereocenters. The van der Waals surface area contributed by atoms with Gasteiger partial charge in [-0.25, -0.2) is 0 Å². The summed E-state index contributed by atoms with van der Waals surface area (Å²) < 4.78 is 5.78. The van der Waals surface area contributed by atoms with Gasteiger partial charge in [-0.2, -0.15) is 5.26 Å². The number of carbonyl (C=O) groups excluding carboxylic acids is 1. The zero-order chi connectivity index (χ0) is 21.5. The van der Waals surface area contributed by atoms with Crippen LogP contribution in [0.25, 0.3) is 6.08 Å². The van der Waals surface area contributed by atoms with Gasteiger partial charge in [0.1, 0.15) is 24.0 Å². The predicted octanol–water partition coefficient (Wildman–Crippen LogP) is 5.74. The van der Waals surface area contributed by atoms with E-state index in [1.54, 1.807) is 6.08 Å². The van der Waals surface area contributed by atoms with Crippen LogP contribution in [0.1, 0.15) is 27.8 Å². The maximum Gasteiger partial charge on any atom is 0.266 e. The Hall–Kier alpha value is -3.84. The number of carbonyl (C=O) groups is 1. The van der Waals surface area contributed by atoms with Crippen molar-refractivity contribution in [2.24, 2.45) is 0 Å². The summed E-state index contributed by atoms with van der Waals surface area (Å²) in [5, 5.41) is 12.4. The third-order valence-electron chi connectivity index (χ3n) is 4.72. The maximum absolute atomic E-state index is 12.6. The van der Waals surface area contributed by atoms with Crippen LogP contribution in [-0.4, -0.2) is 5.91 Å². The van der Waals surface area contributed by atoms with Crippen molar-refractivity contribution in [1.29, 1.82) is 5.26 Å². The molecule has 0 spiro atoms. The maximum atomic E-state index is 12.6. The highest BCUT2D eigenvalue weighted by Gasteiger charge is 2.13. The fraction of sp³-hybridized carbons (Fsp3) is 0.154. The van der Waals surface area contributed by atoms with Crippen LogP contribution >= 0.6 is 0 Å². The Labute approximate surface area is 177 Å². The van der Waals surface area contributed by atoms with E-state index in [4.69, 9.17) is 4.74 Å². The number of amides is 1. The second-order valence-corrected chi connectivity index (χ2v) is 7.24. The van der Waals surface area contributed by atoms with Gasteiger partial charge >= 0.3 is 0 Å². The summed E-state index contributed by atoms with van der Waals surface area (Å²) >= 11 is 0. The lowest BCUT2D eigenvalue weighted by Gasteiger charge is -2.12. The van der Waals surface area contributed by atoms with Crippen molar-refractivity contribution in [2.75, 3.05) is 5.32 Å². The Morgan fingerprint density at radius 1 is 1.00 bits per heavy atom. The Balaban J connectivity index is 1.69. The van der Waals surface area contributed by atoms with Crippen LogP contribution in [0.15, 0.2) is 72.3 Å². The highest BCUT2D eigenvalue weighted by molar-refractivity contribution is 6.10. The van der Waals surface area contributed by atoms with Crippen molar-refractivity contribution in [3.8, 4) is 11.8 Å². The largest absolute Gasteiger partial charge is 0.489 e. The molecule has 4 heteroatoms. The molecule has 150 valence electrons. The van der Waals surface area contributed by atoms with Gasteiger partial charge in [-0.15, -0.1) is 0 Å². The van der Waals surface area contributed by atoms with Gasteiger partial charge in [0.2, 0.25) is 0 Å². The van der Waals surface area contributed by atoms with Crippen LogP contribution in [0, 0.1) is 32.1 Å². The van der Waals surface area contributed by atoms with E-state index in [9.17, 15) is 10.1 Å². The Kier molecular flexibility index (Phi) is 6.67. The summed E-state index contributed by atoms with van der Waals surface area (Å²) in [4.78, 5) is 12.6. The minimum atomic E-state index is -0.419. The van der Waals surface area contributed by atoms with Crippen molar-refractivity contribution in [1.82, 2.24) is 0 Å². The quantitative estimate of drug-likeness (QED) is 0.427. The highest BCUT2D eigenvalue weighted by Crippen LogP contribution is 2.23. The second kappa shape index (κ2) is 9.58. The van der Waals surface area contributed by atoms with E-state index in [1.807, 2.05) is 93.6 Å². The molecule has 4 nitrogen and oxygen atoms in total. The number of aryl methyl sites for hydroxylation is 3. The lowest BCUT2D eigenvalue weighted by molar-refractivity contribution is -0.112. The first kappa shape index (κ1) is 20.9. The molecule has 0 aromatic heterocycles. The van der Waals surface area contributed by atoms with Gasteiger partial charge in [-0.3, -0.25) is 4.79 Å². The van der Waals surface area contributed by atoms with Gasteiger partial charge in [0.25, 0.3) is 5.91 Å². The third-order valence-corrected chi connectivity index (χ3v) is 4.72. The van der Waals surface area contributed by atoms with Gasteiger partial charge in [-0.1, -0.05) is 60.2 Å². The molecular weight excluding hydrogens is 372 g/mol. The Morgan fingerprint density at radius 3 is 2.23 bits per heavy atom. The van der Waals surface area contributed by atoms with Gasteiger partial charge in [0.05, 0.1) is 0 Å². The number of nitrogens with zero attached hydrogens (tertiary/aromatic N) is 1. The van der Waals surface area contributed by atoms with Crippen LogP contribution in [-0.2, 0) is 11.4 Å². The molecule has 0 saturated heterocycles. The molecule has 3 aromatic rings. The lowest BCUT2D eigenvalue weighted by atomic mass is 10.0. The minimum absolute atomic E-state index is 0.0485. The smallest absolute Gasteiger partial charge is 0.266 e. The normalized spacial score (nSPS) is 10.9. The zero-order valence-electron chi connectivity index (χ0n) is 17.4. The summed E-state index contributed by atoms with van der Waals surface area (Å²) in [5.41, 5.74) is 5.71. The number of anilines is 1. The number of hydrogen-bond donors (Lipinski definition) is 1. The van der Waals surface area contributed by atoms with Crippen molar-refractivity contribution in [3.05, 3.63) is 100 Å². The molecule has 0 saturated carbocycles. The topological polar surface area (TPSA) is 62.1 Å². The first-order chi connectivity index (χ1) is 14.5. The number of ether oxygens (including phenoxy) is 1. The number of hydrogen-bond acceptors (Lipinski definition) is 3. The molecule has 0 radical (unpaired) electrons. The molecule has 3 rings (SSSR count). The number of nitriles is 1. The Bertz CT molecular complexity index is 1090. The monoisotopic (exact) mass is 396 g/mol.